The maximum atomic E-state index is 10.3. The van der Waals surface area contributed by atoms with E-state index in [4.69, 9.17) is 12.2 Å². The number of aldehydes is 1. The van der Waals surface area contributed by atoms with Gasteiger partial charge >= 0.3 is 0 Å². The van der Waals surface area contributed by atoms with Gasteiger partial charge < -0.3 is 0 Å². The van der Waals surface area contributed by atoms with Crippen molar-refractivity contribution in [2.24, 2.45) is 0 Å². The molecule has 0 amide bonds. The Morgan fingerprint density at radius 1 is 1.67 bits per heavy atom. The molecule has 0 aromatic carbocycles. The minimum absolute atomic E-state index is 0.0642. The molecule has 0 aromatic rings. The number of thiocarbonyl (C=S) groups is 1. The van der Waals surface area contributed by atoms with E-state index in [1.165, 1.54) is 12.2 Å². The number of hydrogen-bond donors (Lipinski definition) is 0. The van der Waals surface area contributed by atoms with E-state index >= 15 is 0 Å². The predicted octanol–water partition coefficient (Wildman–Crippen LogP) is 1.05. The average Bonchev–Trinajstić information content (AvgIpc) is 2.05. The Morgan fingerprint density at radius 2 is 2.33 bits per heavy atom. The van der Waals surface area contributed by atoms with Gasteiger partial charge in [-0.15, -0.1) is 0 Å². The Hall–Kier alpha value is -1.36. The van der Waals surface area contributed by atoms with Crippen LogP contribution in [-0.4, -0.2) is 16.1 Å². The third-order valence-electron chi connectivity index (χ3n) is 1.46. The molecule has 0 unspecified atom stereocenters. The molecule has 0 atom stereocenters. The molecule has 0 fully saturated rings. The second-order valence-corrected chi connectivity index (χ2v) is 2.72. The van der Waals surface area contributed by atoms with Crippen LogP contribution in [0.15, 0.2) is 23.4 Å². The maximum Gasteiger partial charge on any atom is 0.266 e. The van der Waals surface area contributed by atoms with Crippen LogP contribution >= 0.6 is 12.2 Å². The summed E-state index contributed by atoms with van der Waals surface area (Å²) in [6.07, 6.45) is 3.43. The summed E-state index contributed by atoms with van der Waals surface area (Å²) in [5.41, 5.74) is 0.171. The van der Waals surface area contributed by atoms with E-state index in [2.05, 4.69) is 0 Å². The van der Waals surface area contributed by atoms with Crippen molar-refractivity contribution >= 4 is 23.4 Å². The fourth-order valence-electron chi connectivity index (χ4n) is 0.841. The molecule has 0 heterocycles. The Morgan fingerprint density at radius 3 is 2.83 bits per heavy atom. The highest BCUT2D eigenvalue weighted by Gasteiger charge is 2.16. The Bertz CT molecular complexity index is 317. The van der Waals surface area contributed by atoms with E-state index < -0.39 is 4.92 Å². The van der Waals surface area contributed by atoms with Gasteiger partial charge in [-0.3, -0.25) is 14.9 Å². The topological polar surface area (TPSA) is 60.2 Å². The molecule has 4 nitrogen and oxygen atoms in total. The summed E-state index contributed by atoms with van der Waals surface area (Å²) in [7, 11) is 0. The zero-order valence-corrected chi connectivity index (χ0v) is 6.84. The van der Waals surface area contributed by atoms with Crippen molar-refractivity contribution in [1.29, 1.82) is 0 Å². The highest BCUT2D eigenvalue weighted by molar-refractivity contribution is 7.81. The SMILES string of the molecule is O=CC1=CC([N+](=O)[O-])=CCC1=S. The number of carbonyl (C=O) groups excluding carboxylic acids is 1. The van der Waals surface area contributed by atoms with Crippen molar-refractivity contribution in [3.63, 3.8) is 0 Å². The summed E-state index contributed by atoms with van der Waals surface area (Å²) in [5.74, 6) is 0. The smallest absolute Gasteiger partial charge is 0.266 e. The number of hydrogen-bond acceptors (Lipinski definition) is 4. The molecule has 1 aliphatic rings. The van der Waals surface area contributed by atoms with Crippen LogP contribution in [0, 0.1) is 10.1 Å². The molecule has 0 saturated carbocycles. The van der Waals surface area contributed by atoms with Crippen LogP contribution < -0.4 is 0 Å². The molecule has 12 heavy (non-hydrogen) atoms. The zero-order chi connectivity index (χ0) is 9.14. The van der Waals surface area contributed by atoms with Gasteiger partial charge in [-0.1, -0.05) is 12.2 Å². The van der Waals surface area contributed by atoms with Crippen molar-refractivity contribution in [2.45, 2.75) is 6.42 Å². The average molecular weight is 183 g/mol. The van der Waals surface area contributed by atoms with Crippen LogP contribution in [0.3, 0.4) is 0 Å². The Kier molecular flexibility index (Phi) is 2.44. The normalized spacial score (nSPS) is 16.5. The van der Waals surface area contributed by atoms with E-state index in [-0.39, 0.29) is 11.3 Å². The lowest BCUT2D eigenvalue weighted by molar-refractivity contribution is -0.419. The van der Waals surface area contributed by atoms with E-state index in [1.54, 1.807) is 0 Å². The summed E-state index contributed by atoms with van der Waals surface area (Å²) in [5, 5.41) is 10.3. The van der Waals surface area contributed by atoms with Crippen LogP contribution in [0.25, 0.3) is 0 Å². The molecule has 0 radical (unpaired) electrons. The first-order valence-corrected chi connectivity index (χ1v) is 3.60. The summed E-state index contributed by atoms with van der Waals surface area (Å²) < 4.78 is 0. The quantitative estimate of drug-likeness (QED) is 0.278. The molecule has 1 rings (SSSR count). The summed E-state index contributed by atoms with van der Waals surface area (Å²) >= 11 is 4.80. The first-order chi connectivity index (χ1) is 5.65. The summed E-state index contributed by atoms with van der Waals surface area (Å²) in [4.78, 5) is 20.5. The largest absolute Gasteiger partial charge is 0.298 e. The minimum atomic E-state index is -0.536. The van der Waals surface area contributed by atoms with Crippen LogP contribution in [0.4, 0.5) is 0 Å². The lowest BCUT2D eigenvalue weighted by Gasteiger charge is -2.03. The molecule has 0 aliphatic heterocycles. The first kappa shape index (κ1) is 8.73. The molecule has 62 valence electrons. The van der Waals surface area contributed by atoms with Gasteiger partial charge in [0.05, 0.1) is 4.92 Å². The van der Waals surface area contributed by atoms with Gasteiger partial charge in [-0.2, -0.15) is 0 Å². The number of nitrogens with zero attached hydrogens (tertiary/aromatic N) is 1. The van der Waals surface area contributed by atoms with Crippen molar-refractivity contribution in [1.82, 2.24) is 0 Å². The fourth-order valence-corrected chi connectivity index (χ4v) is 1.03. The van der Waals surface area contributed by atoms with Gasteiger partial charge in [0, 0.05) is 22.9 Å². The highest BCUT2D eigenvalue weighted by Crippen LogP contribution is 2.14. The number of rotatable bonds is 2. The second kappa shape index (κ2) is 3.36. The maximum absolute atomic E-state index is 10.3. The van der Waals surface area contributed by atoms with Crippen molar-refractivity contribution in [3.05, 3.63) is 33.5 Å². The van der Waals surface area contributed by atoms with Crippen molar-refractivity contribution in [3.8, 4) is 0 Å². The zero-order valence-electron chi connectivity index (χ0n) is 6.02. The lowest BCUT2D eigenvalue weighted by atomic mass is 10.0. The van der Waals surface area contributed by atoms with Gasteiger partial charge in [0.25, 0.3) is 5.70 Å². The van der Waals surface area contributed by atoms with Gasteiger partial charge in [-0.25, -0.2) is 0 Å². The van der Waals surface area contributed by atoms with E-state index in [9.17, 15) is 14.9 Å². The predicted molar refractivity (Wildman–Crippen MR) is 46.4 cm³/mol. The van der Waals surface area contributed by atoms with Crippen LogP contribution in [-0.2, 0) is 4.79 Å². The lowest BCUT2D eigenvalue weighted by Crippen LogP contribution is -2.09. The molecular formula is C7H5NO3S. The first-order valence-electron chi connectivity index (χ1n) is 3.20. The van der Waals surface area contributed by atoms with Crippen LogP contribution in [0.1, 0.15) is 6.42 Å². The van der Waals surface area contributed by atoms with Crippen LogP contribution in [0.5, 0.6) is 0 Å². The van der Waals surface area contributed by atoms with Crippen LogP contribution in [0.2, 0.25) is 0 Å². The molecule has 0 saturated heterocycles. The minimum Gasteiger partial charge on any atom is -0.298 e. The summed E-state index contributed by atoms with van der Waals surface area (Å²) in [6, 6.07) is 0. The standard InChI is InChI=1S/C7H5NO3S/c9-4-5-3-6(8(10)11)1-2-7(5)12/h1,3-4H,2H2. The van der Waals surface area contributed by atoms with Gasteiger partial charge in [0.15, 0.2) is 6.29 Å². The molecule has 5 heteroatoms. The number of allylic oxidation sites excluding steroid dienone is 3. The molecule has 0 spiro atoms. The van der Waals surface area contributed by atoms with Gasteiger partial charge in [-0.05, 0) is 6.08 Å². The number of nitro groups is 1. The Balaban J connectivity index is 2.99. The van der Waals surface area contributed by atoms with E-state index in [0.717, 1.165) is 0 Å². The second-order valence-electron chi connectivity index (χ2n) is 2.23. The molecule has 0 bridgehead atoms. The molecule has 0 N–H and O–H groups in total. The fraction of sp³-hybridized carbons (Fsp3) is 0.143. The molecule has 1 aliphatic carbocycles. The highest BCUT2D eigenvalue weighted by atomic mass is 32.1. The van der Waals surface area contributed by atoms with E-state index in [1.807, 2.05) is 0 Å². The van der Waals surface area contributed by atoms with Crippen molar-refractivity contribution in [2.75, 3.05) is 0 Å². The monoisotopic (exact) mass is 183 g/mol. The van der Waals surface area contributed by atoms with E-state index in [0.29, 0.717) is 17.6 Å². The molecule has 0 aromatic heterocycles. The number of carbonyl (C=O) groups is 1. The Labute approximate surface area is 73.7 Å². The third kappa shape index (κ3) is 1.62. The van der Waals surface area contributed by atoms with Gasteiger partial charge in [0.2, 0.25) is 0 Å². The van der Waals surface area contributed by atoms with Gasteiger partial charge in [0.1, 0.15) is 0 Å². The summed E-state index contributed by atoms with van der Waals surface area (Å²) in [6.45, 7) is 0. The third-order valence-corrected chi connectivity index (χ3v) is 1.86. The van der Waals surface area contributed by atoms with Crippen molar-refractivity contribution < 1.29 is 9.72 Å². The molecular weight excluding hydrogens is 178 g/mol.